The fraction of sp³-hybridized carbons (Fsp3) is 0.448. The van der Waals surface area contributed by atoms with Crippen molar-refractivity contribution in [2.45, 2.75) is 26.0 Å². The molecule has 230 valence electrons. The van der Waals surface area contributed by atoms with Crippen molar-refractivity contribution in [2.24, 2.45) is 0 Å². The Bertz CT molecular complexity index is 1140. The van der Waals surface area contributed by atoms with Gasteiger partial charge in [-0.3, -0.25) is 33.9 Å². The van der Waals surface area contributed by atoms with Crippen LogP contribution in [0, 0.1) is 0 Å². The highest BCUT2D eigenvalue weighted by Crippen LogP contribution is 2.19. The van der Waals surface area contributed by atoms with Crippen LogP contribution in [0.4, 0.5) is 0 Å². The molecule has 4 N–H and O–H groups in total. The Morgan fingerprint density at radius 3 is 1.67 bits per heavy atom. The normalized spacial score (nSPS) is 11.9. The number of nitrogens with zero attached hydrogens (tertiary/aromatic N) is 3. The van der Waals surface area contributed by atoms with E-state index in [-0.39, 0.29) is 39.1 Å². The Hall–Kier alpha value is -4.20. The van der Waals surface area contributed by atoms with E-state index in [1.807, 2.05) is 24.3 Å². The third-order valence-electron chi connectivity index (χ3n) is 6.52. The average Bonchev–Trinajstić information content (AvgIpc) is 2.93. The van der Waals surface area contributed by atoms with Gasteiger partial charge in [-0.2, -0.15) is 0 Å². The summed E-state index contributed by atoms with van der Waals surface area (Å²) >= 11 is 0. The number of hydrogen-bond acceptors (Lipinski definition) is 9. The van der Waals surface area contributed by atoms with Crippen LogP contribution in [0.1, 0.15) is 18.1 Å². The van der Waals surface area contributed by atoms with Gasteiger partial charge in [0.2, 0.25) is 0 Å². The third kappa shape index (κ3) is 13.0. The highest BCUT2D eigenvalue weighted by atomic mass is 16.5. The lowest BCUT2D eigenvalue weighted by Crippen LogP contribution is -2.51. The van der Waals surface area contributed by atoms with Gasteiger partial charge in [-0.25, -0.2) is 0 Å². The molecule has 2 aromatic carbocycles. The van der Waals surface area contributed by atoms with Crippen molar-refractivity contribution in [3.8, 4) is 11.5 Å². The van der Waals surface area contributed by atoms with E-state index in [2.05, 4.69) is 0 Å². The van der Waals surface area contributed by atoms with E-state index in [1.54, 1.807) is 48.1 Å². The highest BCUT2D eigenvalue weighted by Gasteiger charge is 2.27. The maximum atomic E-state index is 11.6. The second-order valence-electron chi connectivity index (χ2n) is 9.72. The smallest absolute Gasteiger partial charge is 0.317 e. The van der Waals surface area contributed by atoms with Gasteiger partial charge in [0.15, 0.2) is 0 Å². The van der Waals surface area contributed by atoms with E-state index in [1.165, 1.54) is 4.90 Å². The van der Waals surface area contributed by atoms with Gasteiger partial charge in [-0.05, 0) is 48.4 Å². The van der Waals surface area contributed by atoms with E-state index in [9.17, 15) is 34.5 Å². The van der Waals surface area contributed by atoms with Gasteiger partial charge in [-0.1, -0.05) is 31.2 Å². The van der Waals surface area contributed by atoms with Crippen molar-refractivity contribution >= 4 is 23.9 Å². The van der Waals surface area contributed by atoms with E-state index in [0.717, 1.165) is 16.9 Å². The summed E-state index contributed by atoms with van der Waals surface area (Å²) in [5.41, 5.74) is 1.72. The summed E-state index contributed by atoms with van der Waals surface area (Å²) in [5.74, 6) is -3.22. The molecule has 0 heterocycles. The highest BCUT2D eigenvalue weighted by molar-refractivity contribution is 5.72. The fourth-order valence-corrected chi connectivity index (χ4v) is 4.40. The van der Waals surface area contributed by atoms with Gasteiger partial charge >= 0.3 is 23.9 Å². The lowest BCUT2D eigenvalue weighted by atomic mass is 10.0. The molecular weight excluding hydrogens is 550 g/mol. The Morgan fingerprint density at radius 2 is 1.17 bits per heavy atom. The van der Waals surface area contributed by atoms with Crippen LogP contribution in [0.5, 0.6) is 11.5 Å². The summed E-state index contributed by atoms with van der Waals surface area (Å²) in [6.45, 7) is 1.36. The SMILES string of the molecule is CCN(CCN(CC(=O)O)CC(Cc1ccc(OCc2ccc(OC)cc2)cc1)N(CC(=O)O)CC(=O)O)CC(=O)O. The van der Waals surface area contributed by atoms with E-state index in [4.69, 9.17) is 14.6 Å². The average molecular weight is 590 g/mol. The minimum atomic E-state index is -1.22. The van der Waals surface area contributed by atoms with Crippen LogP contribution in [-0.2, 0) is 32.2 Å². The van der Waals surface area contributed by atoms with Crippen LogP contribution >= 0.6 is 0 Å². The van der Waals surface area contributed by atoms with Crippen molar-refractivity contribution < 1.29 is 49.1 Å². The number of methoxy groups -OCH3 is 1. The van der Waals surface area contributed by atoms with Gasteiger partial charge < -0.3 is 29.9 Å². The molecule has 1 atom stereocenters. The lowest BCUT2D eigenvalue weighted by molar-refractivity contribution is -0.144. The number of benzene rings is 2. The molecule has 0 aliphatic carbocycles. The zero-order valence-electron chi connectivity index (χ0n) is 23.8. The zero-order chi connectivity index (χ0) is 31.1. The standard InChI is InChI=1S/C29H39N3O10/c1-3-30(16-26(33)34)12-13-31(17-27(35)36)15-23(32(18-28(37)38)19-29(39)40)14-21-4-10-25(11-5-21)42-20-22-6-8-24(41-2)9-7-22/h4-11,23H,3,12-20H2,1-2H3,(H,33,34)(H,35,36)(H,37,38)(H,39,40). The van der Waals surface area contributed by atoms with Gasteiger partial charge in [0.05, 0.1) is 33.3 Å². The molecule has 42 heavy (non-hydrogen) atoms. The van der Waals surface area contributed by atoms with Crippen molar-refractivity contribution in [2.75, 3.05) is 59.5 Å². The van der Waals surface area contributed by atoms with Gasteiger partial charge in [-0.15, -0.1) is 0 Å². The molecule has 0 aliphatic heterocycles. The van der Waals surface area contributed by atoms with Crippen molar-refractivity contribution in [3.63, 3.8) is 0 Å². The molecule has 0 fully saturated rings. The first-order chi connectivity index (χ1) is 20.0. The van der Waals surface area contributed by atoms with E-state index >= 15 is 0 Å². The monoisotopic (exact) mass is 589 g/mol. The summed E-state index contributed by atoms with van der Waals surface area (Å²) in [4.78, 5) is 50.5. The fourth-order valence-electron chi connectivity index (χ4n) is 4.40. The molecule has 0 amide bonds. The number of carboxylic acids is 4. The Labute approximate surface area is 244 Å². The topological polar surface area (TPSA) is 177 Å². The predicted octanol–water partition coefficient (Wildman–Crippen LogP) is 1.45. The minimum Gasteiger partial charge on any atom is -0.497 e. The van der Waals surface area contributed by atoms with E-state index in [0.29, 0.717) is 18.9 Å². The van der Waals surface area contributed by atoms with Crippen LogP contribution in [0.2, 0.25) is 0 Å². The molecule has 2 rings (SSSR count). The summed E-state index contributed by atoms with van der Waals surface area (Å²) in [6.07, 6.45) is 0.238. The van der Waals surface area contributed by atoms with Crippen molar-refractivity contribution in [3.05, 3.63) is 59.7 Å². The maximum Gasteiger partial charge on any atom is 0.317 e. The Kier molecular flexibility index (Phi) is 14.2. The van der Waals surface area contributed by atoms with Gasteiger partial charge in [0, 0.05) is 25.7 Å². The number of carbonyl (C=O) groups is 4. The maximum absolute atomic E-state index is 11.6. The first-order valence-corrected chi connectivity index (χ1v) is 13.4. The zero-order valence-corrected chi connectivity index (χ0v) is 23.8. The van der Waals surface area contributed by atoms with Crippen LogP contribution < -0.4 is 9.47 Å². The van der Waals surface area contributed by atoms with Gasteiger partial charge in [0.25, 0.3) is 0 Å². The second kappa shape index (κ2) is 17.6. The summed E-state index contributed by atoms with van der Waals surface area (Å²) in [6, 6.07) is 13.9. The summed E-state index contributed by atoms with van der Waals surface area (Å²) < 4.78 is 11.0. The first-order valence-electron chi connectivity index (χ1n) is 13.4. The first kappa shape index (κ1) is 34.0. The quantitative estimate of drug-likeness (QED) is 0.165. The Balaban J connectivity index is 2.21. The minimum absolute atomic E-state index is 0.0488. The molecule has 0 saturated heterocycles. The van der Waals surface area contributed by atoms with Crippen LogP contribution in [0.3, 0.4) is 0 Å². The molecule has 0 aliphatic rings. The number of ether oxygens (including phenoxy) is 2. The van der Waals surface area contributed by atoms with Crippen molar-refractivity contribution in [1.29, 1.82) is 0 Å². The number of rotatable bonds is 21. The molecule has 13 nitrogen and oxygen atoms in total. The molecular formula is C29H39N3O10. The van der Waals surface area contributed by atoms with Gasteiger partial charge in [0.1, 0.15) is 18.1 Å². The summed E-state index contributed by atoms with van der Waals surface area (Å²) in [5, 5.41) is 37.6. The van der Waals surface area contributed by atoms with Crippen LogP contribution in [0.15, 0.2) is 48.5 Å². The molecule has 0 radical (unpaired) electrons. The molecule has 0 spiro atoms. The number of carboxylic acid groups (broad SMARTS) is 4. The van der Waals surface area contributed by atoms with E-state index < -0.39 is 43.0 Å². The molecule has 0 aromatic heterocycles. The molecule has 2 aromatic rings. The molecule has 0 saturated carbocycles. The summed E-state index contributed by atoms with van der Waals surface area (Å²) in [7, 11) is 1.59. The molecule has 0 bridgehead atoms. The number of likely N-dealkylation sites (N-methyl/N-ethyl adjacent to an activating group) is 1. The van der Waals surface area contributed by atoms with Crippen molar-refractivity contribution in [1.82, 2.24) is 14.7 Å². The number of aliphatic carboxylic acids is 4. The lowest BCUT2D eigenvalue weighted by Gasteiger charge is -2.34. The third-order valence-corrected chi connectivity index (χ3v) is 6.52. The largest absolute Gasteiger partial charge is 0.497 e. The Morgan fingerprint density at radius 1 is 0.690 bits per heavy atom. The van der Waals surface area contributed by atoms with Crippen LogP contribution in [0.25, 0.3) is 0 Å². The predicted molar refractivity (Wildman–Crippen MR) is 152 cm³/mol. The number of hydrogen-bond donors (Lipinski definition) is 4. The second-order valence-corrected chi connectivity index (χ2v) is 9.72. The van der Waals surface area contributed by atoms with Crippen LogP contribution in [-0.4, -0.2) is 125 Å². The molecule has 13 heteroatoms. The molecule has 1 unspecified atom stereocenters.